The van der Waals surface area contributed by atoms with Gasteiger partial charge in [-0.15, -0.1) is 0 Å². The number of halogens is 2. The van der Waals surface area contributed by atoms with Crippen molar-refractivity contribution in [3.63, 3.8) is 0 Å². The minimum atomic E-state index is -0.293. The van der Waals surface area contributed by atoms with Crippen LogP contribution in [0.5, 0.6) is 0 Å². The lowest BCUT2D eigenvalue weighted by atomic mass is 10.2. The molecule has 2 aromatic rings. The zero-order valence-corrected chi connectivity index (χ0v) is 9.98. The van der Waals surface area contributed by atoms with Crippen molar-refractivity contribution in [1.29, 1.82) is 0 Å². The van der Waals surface area contributed by atoms with E-state index < -0.39 is 0 Å². The molecular formula is C10H9FIN3. The molecule has 0 atom stereocenters. The number of hydrogen-bond donors (Lipinski definition) is 1. The Labute approximate surface area is 100 Å². The van der Waals surface area contributed by atoms with Gasteiger partial charge in [0.1, 0.15) is 5.82 Å². The SMILES string of the molecule is NCc1cc(F)cc(-n2cc(I)cn2)c1. The summed E-state index contributed by atoms with van der Waals surface area (Å²) in [4.78, 5) is 0. The summed E-state index contributed by atoms with van der Waals surface area (Å²) in [5.74, 6) is -0.293. The average Bonchev–Trinajstić information content (AvgIpc) is 2.64. The molecule has 0 saturated carbocycles. The molecule has 0 aliphatic heterocycles. The number of benzene rings is 1. The molecule has 0 radical (unpaired) electrons. The number of nitrogens with two attached hydrogens (primary N) is 1. The highest BCUT2D eigenvalue weighted by atomic mass is 127. The van der Waals surface area contributed by atoms with E-state index in [1.807, 2.05) is 12.3 Å². The fraction of sp³-hybridized carbons (Fsp3) is 0.100. The first-order chi connectivity index (χ1) is 7.19. The van der Waals surface area contributed by atoms with E-state index in [0.29, 0.717) is 12.2 Å². The fourth-order valence-corrected chi connectivity index (χ4v) is 1.71. The van der Waals surface area contributed by atoms with Crippen molar-refractivity contribution in [3.05, 3.63) is 45.5 Å². The summed E-state index contributed by atoms with van der Waals surface area (Å²) in [6, 6.07) is 4.69. The van der Waals surface area contributed by atoms with E-state index in [4.69, 9.17) is 5.73 Å². The highest BCUT2D eigenvalue weighted by Gasteiger charge is 2.03. The molecule has 78 valence electrons. The summed E-state index contributed by atoms with van der Waals surface area (Å²) < 4.78 is 15.8. The smallest absolute Gasteiger partial charge is 0.125 e. The molecule has 15 heavy (non-hydrogen) atoms. The molecule has 0 saturated heterocycles. The van der Waals surface area contributed by atoms with Crippen LogP contribution < -0.4 is 5.73 Å². The van der Waals surface area contributed by atoms with Gasteiger partial charge in [-0.2, -0.15) is 5.10 Å². The molecule has 1 aromatic heterocycles. The highest BCUT2D eigenvalue weighted by Crippen LogP contribution is 2.14. The maximum absolute atomic E-state index is 13.2. The van der Waals surface area contributed by atoms with Gasteiger partial charge in [-0.05, 0) is 46.4 Å². The van der Waals surface area contributed by atoms with Gasteiger partial charge in [0.05, 0.1) is 15.5 Å². The Hall–Kier alpha value is -0.950. The Bertz CT molecular complexity index is 481. The van der Waals surface area contributed by atoms with E-state index in [0.717, 1.165) is 9.13 Å². The molecular weight excluding hydrogens is 308 g/mol. The lowest BCUT2D eigenvalue weighted by Gasteiger charge is -2.04. The van der Waals surface area contributed by atoms with Crippen molar-refractivity contribution >= 4 is 22.6 Å². The molecule has 5 heteroatoms. The summed E-state index contributed by atoms with van der Waals surface area (Å²) in [6.45, 7) is 0.323. The lowest BCUT2D eigenvalue weighted by Crippen LogP contribution is -2.01. The molecule has 0 fully saturated rings. The predicted octanol–water partition coefficient (Wildman–Crippen LogP) is 2.07. The number of nitrogens with zero attached hydrogens (tertiary/aromatic N) is 2. The molecule has 0 aliphatic carbocycles. The zero-order chi connectivity index (χ0) is 10.8. The normalized spacial score (nSPS) is 10.6. The topological polar surface area (TPSA) is 43.8 Å². The van der Waals surface area contributed by atoms with Crippen LogP contribution in [0.3, 0.4) is 0 Å². The minimum absolute atomic E-state index is 0.293. The largest absolute Gasteiger partial charge is 0.326 e. The standard InChI is InChI=1S/C10H9FIN3/c11-8-1-7(4-13)2-10(3-8)15-6-9(12)5-14-15/h1-3,5-6H,4,13H2. The number of rotatable bonds is 2. The van der Waals surface area contributed by atoms with Crippen molar-refractivity contribution in [2.45, 2.75) is 6.54 Å². The molecule has 0 unspecified atom stereocenters. The third-order valence-corrected chi connectivity index (χ3v) is 2.55. The zero-order valence-electron chi connectivity index (χ0n) is 7.82. The monoisotopic (exact) mass is 317 g/mol. The van der Waals surface area contributed by atoms with Crippen LogP contribution in [0.1, 0.15) is 5.56 Å². The van der Waals surface area contributed by atoms with Crippen LogP contribution in [0, 0.1) is 9.39 Å². The molecule has 0 bridgehead atoms. The molecule has 2 N–H and O–H groups in total. The Kier molecular flexibility index (Phi) is 3.01. The minimum Gasteiger partial charge on any atom is -0.326 e. The van der Waals surface area contributed by atoms with Gasteiger partial charge in [0.15, 0.2) is 0 Å². The molecule has 0 amide bonds. The molecule has 3 nitrogen and oxygen atoms in total. The van der Waals surface area contributed by atoms with Gasteiger partial charge >= 0.3 is 0 Å². The van der Waals surface area contributed by atoms with Crippen LogP contribution in [-0.4, -0.2) is 9.78 Å². The molecule has 1 aromatic carbocycles. The first-order valence-corrected chi connectivity index (χ1v) is 5.47. The van der Waals surface area contributed by atoms with Crippen molar-refractivity contribution in [3.8, 4) is 5.69 Å². The van der Waals surface area contributed by atoms with E-state index in [1.165, 1.54) is 12.1 Å². The number of aromatic nitrogens is 2. The van der Waals surface area contributed by atoms with E-state index in [1.54, 1.807) is 10.9 Å². The molecule has 0 spiro atoms. The van der Waals surface area contributed by atoms with Crippen LogP contribution in [0.15, 0.2) is 30.6 Å². The third-order valence-electron chi connectivity index (χ3n) is 1.99. The highest BCUT2D eigenvalue weighted by molar-refractivity contribution is 14.1. The van der Waals surface area contributed by atoms with Gasteiger partial charge in [0.2, 0.25) is 0 Å². The van der Waals surface area contributed by atoms with E-state index in [-0.39, 0.29) is 5.82 Å². The number of hydrogen-bond acceptors (Lipinski definition) is 2. The van der Waals surface area contributed by atoms with Gasteiger partial charge in [0.25, 0.3) is 0 Å². The van der Waals surface area contributed by atoms with Gasteiger partial charge in [0, 0.05) is 12.7 Å². The Morgan fingerprint density at radius 3 is 2.80 bits per heavy atom. The maximum atomic E-state index is 13.2. The van der Waals surface area contributed by atoms with Crippen molar-refractivity contribution in [2.75, 3.05) is 0 Å². The van der Waals surface area contributed by atoms with Crippen molar-refractivity contribution < 1.29 is 4.39 Å². The summed E-state index contributed by atoms with van der Waals surface area (Å²) >= 11 is 2.15. The van der Waals surface area contributed by atoms with Crippen LogP contribution in [0.2, 0.25) is 0 Å². The van der Waals surface area contributed by atoms with Crippen molar-refractivity contribution in [1.82, 2.24) is 9.78 Å². The lowest BCUT2D eigenvalue weighted by molar-refractivity contribution is 0.623. The second kappa shape index (κ2) is 4.28. The Morgan fingerprint density at radius 1 is 1.40 bits per heavy atom. The van der Waals surface area contributed by atoms with Crippen LogP contribution >= 0.6 is 22.6 Å². The van der Waals surface area contributed by atoms with Crippen LogP contribution in [-0.2, 0) is 6.54 Å². The summed E-state index contributed by atoms with van der Waals surface area (Å²) in [5, 5.41) is 4.10. The maximum Gasteiger partial charge on any atom is 0.125 e. The van der Waals surface area contributed by atoms with Gasteiger partial charge in [-0.25, -0.2) is 9.07 Å². The second-order valence-electron chi connectivity index (χ2n) is 3.12. The van der Waals surface area contributed by atoms with E-state index >= 15 is 0 Å². The van der Waals surface area contributed by atoms with Crippen LogP contribution in [0.4, 0.5) is 4.39 Å². The molecule has 0 aliphatic rings. The quantitative estimate of drug-likeness (QED) is 0.862. The average molecular weight is 317 g/mol. The van der Waals surface area contributed by atoms with Gasteiger partial charge < -0.3 is 5.73 Å². The Balaban J connectivity index is 2.48. The predicted molar refractivity (Wildman–Crippen MR) is 64.1 cm³/mol. The van der Waals surface area contributed by atoms with Gasteiger partial charge in [-0.1, -0.05) is 0 Å². The summed E-state index contributed by atoms with van der Waals surface area (Å²) in [7, 11) is 0. The fourth-order valence-electron chi connectivity index (χ4n) is 1.33. The molecule has 2 rings (SSSR count). The van der Waals surface area contributed by atoms with Gasteiger partial charge in [-0.3, -0.25) is 0 Å². The first kappa shape index (κ1) is 10.6. The third kappa shape index (κ3) is 2.35. The second-order valence-corrected chi connectivity index (χ2v) is 4.37. The van der Waals surface area contributed by atoms with Crippen molar-refractivity contribution in [2.24, 2.45) is 5.73 Å². The summed E-state index contributed by atoms with van der Waals surface area (Å²) in [6.07, 6.45) is 3.54. The van der Waals surface area contributed by atoms with E-state index in [2.05, 4.69) is 27.7 Å². The Morgan fingerprint density at radius 2 is 2.20 bits per heavy atom. The first-order valence-electron chi connectivity index (χ1n) is 4.39. The van der Waals surface area contributed by atoms with Crippen LogP contribution in [0.25, 0.3) is 5.69 Å². The van der Waals surface area contributed by atoms with E-state index in [9.17, 15) is 4.39 Å². The summed E-state index contributed by atoms with van der Waals surface area (Å²) in [5.41, 5.74) is 6.93. The molecule has 1 heterocycles.